The van der Waals surface area contributed by atoms with Crippen LogP contribution in [-0.4, -0.2) is 86.3 Å². The van der Waals surface area contributed by atoms with Crippen molar-refractivity contribution in [3.05, 3.63) is 47.3 Å². The summed E-state index contributed by atoms with van der Waals surface area (Å²) in [6, 6.07) is 5.23. The molecule has 5 heterocycles. The number of anilines is 1. The Kier molecular flexibility index (Phi) is 6.85. The number of hydrogen-bond acceptors (Lipinski definition) is 7. The molecule has 2 bridgehead atoms. The highest BCUT2D eigenvalue weighted by atomic mass is 19.4. The van der Waals surface area contributed by atoms with E-state index < -0.39 is 18.0 Å². The largest absolute Gasteiger partial charge is 0.416 e. The molecule has 2 atom stereocenters. The number of amides is 1. The summed E-state index contributed by atoms with van der Waals surface area (Å²) in [5.74, 6) is 0. The number of halogens is 3. The fraction of sp³-hybridized carbons (Fsp3) is 0.630. The van der Waals surface area contributed by atoms with Crippen LogP contribution in [0.5, 0.6) is 0 Å². The zero-order valence-corrected chi connectivity index (χ0v) is 21.7. The molecule has 1 aromatic carbocycles. The molecule has 12 heteroatoms. The van der Waals surface area contributed by atoms with Gasteiger partial charge in [0.25, 0.3) is 0 Å². The molecule has 212 valence electrons. The van der Waals surface area contributed by atoms with E-state index in [0.29, 0.717) is 38.4 Å². The first-order valence-corrected chi connectivity index (χ1v) is 13.7. The highest BCUT2D eigenvalue weighted by Crippen LogP contribution is 2.42. The monoisotopic (exact) mass is 549 g/mol. The van der Waals surface area contributed by atoms with Crippen molar-refractivity contribution in [2.24, 2.45) is 0 Å². The van der Waals surface area contributed by atoms with Gasteiger partial charge in [-0.25, -0.2) is 4.79 Å². The van der Waals surface area contributed by atoms with Crippen LogP contribution in [0.25, 0.3) is 0 Å². The molecule has 1 aromatic heterocycles. The second-order valence-electron chi connectivity index (χ2n) is 11.3. The average molecular weight is 550 g/mol. The van der Waals surface area contributed by atoms with Gasteiger partial charge in [-0.1, -0.05) is 6.07 Å². The minimum absolute atomic E-state index is 0.0133. The molecule has 4 aliphatic heterocycles. The lowest BCUT2D eigenvalue weighted by molar-refractivity contribution is -0.137. The van der Waals surface area contributed by atoms with E-state index in [-0.39, 0.29) is 29.5 Å². The number of benzene rings is 1. The van der Waals surface area contributed by atoms with Crippen LogP contribution in [0, 0.1) is 0 Å². The fourth-order valence-electron chi connectivity index (χ4n) is 6.83. The first-order chi connectivity index (χ1) is 18.6. The van der Waals surface area contributed by atoms with Crippen molar-refractivity contribution in [1.82, 2.24) is 19.6 Å². The minimum Gasteiger partial charge on any atom is -0.371 e. The smallest absolute Gasteiger partial charge is 0.371 e. The van der Waals surface area contributed by atoms with Crippen molar-refractivity contribution in [2.75, 3.05) is 37.6 Å². The van der Waals surface area contributed by atoms with Crippen LogP contribution >= 0.6 is 0 Å². The number of rotatable bonds is 4. The van der Waals surface area contributed by atoms with Gasteiger partial charge in [0.1, 0.15) is 5.69 Å². The van der Waals surface area contributed by atoms with Gasteiger partial charge in [0.05, 0.1) is 17.8 Å². The third-order valence-electron chi connectivity index (χ3n) is 8.93. The maximum atomic E-state index is 13.7. The SMILES string of the molecule is O=C(N1CCC2(CCCN2Cc2ccc(C(F)(F)F)cc2N2CC3CCC(C2)O3)CC1)n1ccc(C(O)O)n1. The number of fused-ring (bicyclic) bond motifs is 2. The summed E-state index contributed by atoms with van der Waals surface area (Å²) >= 11 is 0. The van der Waals surface area contributed by atoms with Gasteiger partial charge in [-0.2, -0.15) is 23.0 Å². The van der Waals surface area contributed by atoms with E-state index in [1.54, 1.807) is 11.0 Å². The van der Waals surface area contributed by atoms with Gasteiger partial charge in [0.2, 0.25) is 0 Å². The van der Waals surface area contributed by atoms with Crippen LogP contribution in [0.15, 0.2) is 30.5 Å². The number of nitrogens with zero attached hydrogens (tertiary/aromatic N) is 5. The summed E-state index contributed by atoms with van der Waals surface area (Å²) in [5, 5.41) is 22.5. The Morgan fingerprint density at radius 1 is 1.08 bits per heavy atom. The Balaban J connectivity index is 1.19. The molecule has 1 amide bonds. The van der Waals surface area contributed by atoms with Crippen molar-refractivity contribution in [1.29, 1.82) is 0 Å². The quantitative estimate of drug-likeness (QED) is 0.565. The van der Waals surface area contributed by atoms with E-state index in [9.17, 15) is 28.2 Å². The van der Waals surface area contributed by atoms with Crippen molar-refractivity contribution < 1.29 is 32.9 Å². The second kappa shape index (κ2) is 10.1. The van der Waals surface area contributed by atoms with Gasteiger partial charge in [-0.05, 0) is 68.8 Å². The summed E-state index contributed by atoms with van der Waals surface area (Å²) < 4.78 is 48.1. The molecule has 0 radical (unpaired) electrons. The molecule has 4 aliphatic rings. The normalized spacial score (nSPS) is 25.3. The van der Waals surface area contributed by atoms with Crippen molar-refractivity contribution in [2.45, 2.75) is 75.3 Å². The molecular weight excluding hydrogens is 515 g/mol. The van der Waals surface area contributed by atoms with Crippen molar-refractivity contribution >= 4 is 11.7 Å². The Bertz CT molecular complexity index is 1200. The molecular formula is C27H34F3N5O4. The fourth-order valence-corrected chi connectivity index (χ4v) is 6.83. The summed E-state index contributed by atoms with van der Waals surface area (Å²) in [6.07, 6.45) is 0.803. The van der Waals surface area contributed by atoms with Gasteiger partial charge in [0.15, 0.2) is 6.29 Å². The third-order valence-corrected chi connectivity index (χ3v) is 8.93. The molecule has 39 heavy (non-hydrogen) atoms. The number of hydrogen-bond donors (Lipinski definition) is 2. The molecule has 2 unspecified atom stereocenters. The van der Waals surface area contributed by atoms with Gasteiger partial charge in [-0.15, -0.1) is 0 Å². The molecule has 0 aliphatic carbocycles. The zero-order chi connectivity index (χ0) is 27.4. The summed E-state index contributed by atoms with van der Waals surface area (Å²) in [5.41, 5.74) is 0.825. The number of alkyl halides is 3. The Hall–Kier alpha value is -2.67. The number of piperidine rings is 1. The predicted molar refractivity (Wildman–Crippen MR) is 135 cm³/mol. The molecule has 2 N–H and O–H groups in total. The average Bonchev–Trinajstić information content (AvgIpc) is 3.63. The Morgan fingerprint density at radius 2 is 1.79 bits per heavy atom. The van der Waals surface area contributed by atoms with Gasteiger partial charge in [-0.3, -0.25) is 4.90 Å². The van der Waals surface area contributed by atoms with Crippen molar-refractivity contribution in [3.63, 3.8) is 0 Å². The van der Waals surface area contributed by atoms with Gasteiger partial charge >= 0.3 is 12.2 Å². The van der Waals surface area contributed by atoms with E-state index in [1.165, 1.54) is 24.4 Å². The molecule has 4 saturated heterocycles. The number of morpholine rings is 1. The summed E-state index contributed by atoms with van der Waals surface area (Å²) in [4.78, 5) is 19.2. The topological polar surface area (TPSA) is 94.3 Å². The molecule has 2 aromatic rings. The van der Waals surface area contributed by atoms with Crippen LogP contribution in [0.2, 0.25) is 0 Å². The van der Waals surface area contributed by atoms with E-state index >= 15 is 0 Å². The number of carbonyl (C=O) groups excluding carboxylic acids is 1. The molecule has 6 rings (SSSR count). The summed E-state index contributed by atoms with van der Waals surface area (Å²) in [6.45, 7) is 3.69. The highest BCUT2D eigenvalue weighted by Gasteiger charge is 2.45. The Morgan fingerprint density at radius 3 is 2.44 bits per heavy atom. The molecule has 9 nitrogen and oxygen atoms in total. The number of aromatic nitrogens is 2. The number of aliphatic hydroxyl groups is 2. The van der Waals surface area contributed by atoms with E-state index in [4.69, 9.17) is 4.74 Å². The predicted octanol–water partition coefficient (Wildman–Crippen LogP) is 3.35. The lowest BCUT2D eigenvalue weighted by atomic mass is 9.84. The highest BCUT2D eigenvalue weighted by molar-refractivity contribution is 5.76. The number of likely N-dealkylation sites (tertiary alicyclic amines) is 2. The van der Waals surface area contributed by atoms with Crippen LogP contribution < -0.4 is 4.90 Å². The standard InChI is InChI=1S/C27H34F3N5O4/c28-27(29,30)19-3-2-18(23(14-19)33-16-20-4-5-21(17-33)39-20)15-34-10-1-7-26(34)8-12-32(13-9-26)25(38)35-11-6-22(31-35)24(36)37/h2-3,6,11,14,20-21,24,36-37H,1,4-5,7-10,12-13,15-17H2. The van der Waals surface area contributed by atoms with Crippen LogP contribution in [0.3, 0.4) is 0 Å². The minimum atomic E-state index is -4.41. The van der Waals surface area contributed by atoms with E-state index in [1.807, 2.05) is 0 Å². The van der Waals surface area contributed by atoms with E-state index in [2.05, 4.69) is 14.9 Å². The first kappa shape index (κ1) is 26.5. The maximum Gasteiger partial charge on any atom is 0.416 e. The molecule has 0 saturated carbocycles. The third kappa shape index (κ3) is 5.15. The maximum absolute atomic E-state index is 13.7. The number of aliphatic hydroxyl groups excluding tert-OH is 1. The lowest BCUT2D eigenvalue weighted by Crippen LogP contribution is -2.53. The zero-order valence-electron chi connectivity index (χ0n) is 21.7. The van der Waals surface area contributed by atoms with Crippen molar-refractivity contribution in [3.8, 4) is 0 Å². The van der Waals surface area contributed by atoms with Crippen LogP contribution in [0.1, 0.15) is 61.6 Å². The molecule has 4 fully saturated rings. The Labute approximate surface area is 224 Å². The first-order valence-electron chi connectivity index (χ1n) is 13.7. The van der Waals surface area contributed by atoms with Crippen LogP contribution in [0.4, 0.5) is 23.7 Å². The number of carbonyl (C=O) groups is 1. The second-order valence-corrected chi connectivity index (χ2v) is 11.3. The van der Waals surface area contributed by atoms with E-state index in [0.717, 1.165) is 55.3 Å². The van der Waals surface area contributed by atoms with Gasteiger partial charge < -0.3 is 24.7 Å². The van der Waals surface area contributed by atoms with Gasteiger partial charge in [0, 0.05) is 50.1 Å². The molecule has 1 spiro atoms. The number of ether oxygens (including phenoxy) is 1. The van der Waals surface area contributed by atoms with Crippen LogP contribution in [-0.2, 0) is 17.5 Å². The summed E-state index contributed by atoms with van der Waals surface area (Å²) in [7, 11) is 0. The lowest BCUT2D eigenvalue weighted by Gasteiger charge is -2.45.